The highest BCUT2D eigenvalue weighted by atomic mass is 32.2. The molecule has 21 heavy (non-hydrogen) atoms. The van der Waals surface area contributed by atoms with Crippen molar-refractivity contribution < 1.29 is 8.42 Å². The lowest BCUT2D eigenvalue weighted by Crippen LogP contribution is -2.23. The monoisotopic (exact) mass is 318 g/mol. The van der Waals surface area contributed by atoms with Gasteiger partial charge in [-0.15, -0.1) is 0 Å². The summed E-state index contributed by atoms with van der Waals surface area (Å²) >= 11 is 0. The van der Waals surface area contributed by atoms with Gasteiger partial charge >= 0.3 is 0 Å². The number of rotatable bonds is 15. The van der Waals surface area contributed by atoms with Crippen molar-refractivity contribution in [2.75, 3.05) is 5.75 Å². The summed E-state index contributed by atoms with van der Waals surface area (Å²) in [4.78, 5) is 0. The lowest BCUT2D eigenvalue weighted by atomic mass is 10.0. The van der Waals surface area contributed by atoms with Gasteiger partial charge in [-0.05, 0) is 12.8 Å². The van der Waals surface area contributed by atoms with E-state index in [2.05, 4.69) is 13.8 Å². The number of sulfone groups is 1. The van der Waals surface area contributed by atoms with Gasteiger partial charge in [0, 0.05) is 5.75 Å². The first-order valence-corrected chi connectivity index (χ1v) is 11.0. The van der Waals surface area contributed by atoms with E-state index in [1.165, 1.54) is 57.8 Å². The van der Waals surface area contributed by atoms with E-state index in [1.54, 1.807) is 6.92 Å². The van der Waals surface area contributed by atoms with Crippen molar-refractivity contribution in [3.05, 3.63) is 0 Å². The summed E-state index contributed by atoms with van der Waals surface area (Å²) in [5, 5.41) is -0.0738. The second kappa shape index (κ2) is 13.6. The van der Waals surface area contributed by atoms with Gasteiger partial charge in [0.05, 0.1) is 5.25 Å². The molecule has 0 amide bonds. The van der Waals surface area contributed by atoms with E-state index in [-0.39, 0.29) is 5.25 Å². The minimum absolute atomic E-state index is 0.0738. The summed E-state index contributed by atoms with van der Waals surface area (Å²) in [6.07, 6.45) is 15.3. The lowest BCUT2D eigenvalue weighted by molar-refractivity contribution is 0.514. The van der Waals surface area contributed by atoms with Crippen LogP contribution in [0.2, 0.25) is 0 Å². The highest BCUT2D eigenvalue weighted by Gasteiger charge is 2.22. The Morgan fingerprint density at radius 1 is 0.619 bits per heavy atom. The zero-order valence-corrected chi connectivity index (χ0v) is 15.5. The summed E-state index contributed by atoms with van der Waals surface area (Å²) in [5.74, 6) is 0.308. The second-order valence-corrected chi connectivity index (χ2v) is 8.90. The Bertz CT molecular complexity index is 309. The minimum atomic E-state index is -2.85. The van der Waals surface area contributed by atoms with Gasteiger partial charge in [0.1, 0.15) is 0 Å². The normalized spacial score (nSPS) is 13.5. The predicted molar refractivity (Wildman–Crippen MR) is 94.6 cm³/mol. The van der Waals surface area contributed by atoms with E-state index in [9.17, 15) is 8.42 Å². The van der Waals surface area contributed by atoms with Crippen LogP contribution in [0, 0.1) is 0 Å². The largest absolute Gasteiger partial charge is 0.229 e. The summed E-state index contributed by atoms with van der Waals surface area (Å²) in [6, 6.07) is 0. The summed E-state index contributed by atoms with van der Waals surface area (Å²) in [7, 11) is -2.85. The molecule has 0 aromatic rings. The van der Waals surface area contributed by atoms with Crippen LogP contribution in [0.3, 0.4) is 0 Å². The molecule has 0 saturated carbocycles. The Balaban J connectivity index is 3.99. The number of hydrogen-bond acceptors (Lipinski definition) is 2. The average molecular weight is 319 g/mol. The first-order valence-electron chi connectivity index (χ1n) is 9.30. The predicted octanol–water partition coefficient (Wildman–Crippen LogP) is 5.90. The van der Waals surface area contributed by atoms with Crippen molar-refractivity contribution >= 4 is 9.84 Å². The van der Waals surface area contributed by atoms with Crippen LogP contribution in [0.15, 0.2) is 0 Å². The van der Waals surface area contributed by atoms with Crippen molar-refractivity contribution in [1.82, 2.24) is 0 Å². The number of hydrogen-bond donors (Lipinski definition) is 0. The third-order valence-corrected chi connectivity index (χ3v) is 6.71. The molecule has 0 rings (SSSR count). The summed E-state index contributed by atoms with van der Waals surface area (Å²) < 4.78 is 24.4. The molecule has 1 atom stereocenters. The lowest BCUT2D eigenvalue weighted by Gasteiger charge is -2.16. The number of unbranched alkanes of at least 4 members (excludes halogenated alkanes) is 9. The van der Waals surface area contributed by atoms with Gasteiger partial charge in [0.15, 0.2) is 9.84 Å². The second-order valence-electron chi connectivity index (χ2n) is 6.33. The molecule has 0 aliphatic rings. The van der Waals surface area contributed by atoms with Crippen LogP contribution in [0.25, 0.3) is 0 Å². The molecule has 0 heterocycles. The maximum absolute atomic E-state index is 12.2. The fraction of sp³-hybridized carbons (Fsp3) is 1.00. The molecule has 0 spiro atoms. The molecule has 0 bridgehead atoms. The maximum Gasteiger partial charge on any atom is 0.152 e. The molecule has 0 fully saturated rings. The molecular weight excluding hydrogens is 280 g/mol. The van der Waals surface area contributed by atoms with Gasteiger partial charge in [-0.2, -0.15) is 0 Å². The van der Waals surface area contributed by atoms with Crippen LogP contribution in [-0.4, -0.2) is 19.4 Å². The fourth-order valence-electron chi connectivity index (χ4n) is 2.87. The summed E-state index contributed by atoms with van der Waals surface area (Å²) in [6.45, 7) is 6.23. The molecular formula is C18H38O2S. The van der Waals surface area contributed by atoms with Crippen molar-refractivity contribution in [1.29, 1.82) is 0 Å². The Morgan fingerprint density at radius 2 is 1.00 bits per heavy atom. The van der Waals surface area contributed by atoms with Crippen LogP contribution in [0.5, 0.6) is 0 Å². The van der Waals surface area contributed by atoms with Crippen molar-refractivity contribution in [2.45, 2.75) is 109 Å². The van der Waals surface area contributed by atoms with E-state index in [1.807, 2.05) is 0 Å². The Kier molecular flexibility index (Phi) is 13.6. The van der Waals surface area contributed by atoms with Crippen molar-refractivity contribution in [2.24, 2.45) is 0 Å². The zero-order chi connectivity index (χ0) is 16.0. The Morgan fingerprint density at radius 3 is 1.38 bits per heavy atom. The van der Waals surface area contributed by atoms with E-state index >= 15 is 0 Å². The summed E-state index contributed by atoms with van der Waals surface area (Å²) in [5.41, 5.74) is 0. The molecule has 0 aliphatic heterocycles. The van der Waals surface area contributed by atoms with E-state index < -0.39 is 9.84 Å². The van der Waals surface area contributed by atoms with Crippen LogP contribution in [0.4, 0.5) is 0 Å². The topological polar surface area (TPSA) is 34.1 Å². The highest BCUT2D eigenvalue weighted by molar-refractivity contribution is 7.91. The van der Waals surface area contributed by atoms with Gasteiger partial charge < -0.3 is 0 Å². The third kappa shape index (κ3) is 11.2. The van der Waals surface area contributed by atoms with Crippen molar-refractivity contribution in [3.63, 3.8) is 0 Å². The van der Waals surface area contributed by atoms with E-state index in [0.717, 1.165) is 25.7 Å². The first kappa shape index (κ1) is 20.9. The van der Waals surface area contributed by atoms with Crippen LogP contribution < -0.4 is 0 Å². The molecule has 0 aromatic carbocycles. The first-order chi connectivity index (χ1) is 10.1. The van der Waals surface area contributed by atoms with Gasteiger partial charge in [-0.1, -0.05) is 91.4 Å². The molecule has 3 heteroatoms. The molecule has 0 saturated heterocycles. The fourth-order valence-corrected chi connectivity index (χ4v) is 4.39. The molecule has 0 N–H and O–H groups in total. The van der Waals surface area contributed by atoms with Gasteiger partial charge in [0.25, 0.3) is 0 Å². The average Bonchev–Trinajstić information content (AvgIpc) is 2.48. The van der Waals surface area contributed by atoms with Crippen LogP contribution >= 0.6 is 0 Å². The van der Waals surface area contributed by atoms with Crippen LogP contribution in [-0.2, 0) is 9.84 Å². The smallest absolute Gasteiger partial charge is 0.152 e. The molecule has 0 aromatic heterocycles. The van der Waals surface area contributed by atoms with E-state index in [4.69, 9.17) is 0 Å². The van der Waals surface area contributed by atoms with Crippen LogP contribution in [0.1, 0.15) is 104 Å². The van der Waals surface area contributed by atoms with Gasteiger partial charge in [0.2, 0.25) is 0 Å². The third-order valence-electron chi connectivity index (χ3n) is 4.42. The minimum Gasteiger partial charge on any atom is -0.229 e. The van der Waals surface area contributed by atoms with E-state index in [0.29, 0.717) is 5.75 Å². The Labute approximate surface area is 134 Å². The molecule has 2 nitrogen and oxygen atoms in total. The van der Waals surface area contributed by atoms with Gasteiger partial charge in [-0.3, -0.25) is 0 Å². The standard InChI is InChI=1S/C18H38O2S/c1-4-7-9-11-13-15-17-18(21(19,20)6-3)16-14-12-10-8-5-2/h18H,4-17H2,1-3H3. The molecule has 128 valence electrons. The zero-order valence-electron chi connectivity index (χ0n) is 14.7. The highest BCUT2D eigenvalue weighted by Crippen LogP contribution is 2.20. The molecule has 0 aliphatic carbocycles. The quantitative estimate of drug-likeness (QED) is 0.352. The maximum atomic E-state index is 12.2. The Hall–Kier alpha value is -0.0500. The SMILES string of the molecule is CCCCCCCCC(CCCCCCC)S(=O)(=O)CC. The van der Waals surface area contributed by atoms with Gasteiger partial charge in [-0.25, -0.2) is 8.42 Å². The molecule has 1 unspecified atom stereocenters. The molecule has 0 radical (unpaired) electrons. The van der Waals surface area contributed by atoms with Crippen molar-refractivity contribution in [3.8, 4) is 0 Å².